The van der Waals surface area contributed by atoms with Gasteiger partial charge in [-0.3, -0.25) is 4.79 Å². The molecule has 0 heterocycles. The van der Waals surface area contributed by atoms with Gasteiger partial charge in [0.1, 0.15) is 0 Å². The summed E-state index contributed by atoms with van der Waals surface area (Å²) in [6.45, 7) is 0. The molecule has 0 aliphatic heterocycles. The summed E-state index contributed by atoms with van der Waals surface area (Å²) in [6.07, 6.45) is 3.83. The topological polar surface area (TPSA) is 78.9 Å². The maximum atomic E-state index is 12.2. The quantitative estimate of drug-likeness (QED) is 0.872. The minimum absolute atomic E-state index is 0.0779. The van der Waals surface area contributed by atoms with E-state index in [1.807, 2.05) is 6.07 Å². The molecular weight excluding hydrogens is 262 g/mol. The van der Waals surface area contributed by atoms with Gasteiger partial charge in [-0.1, -0.05) is 24.4 Å². The normalized spacial score (nSPS) is 22.6. The van der Waals surface area contributed by atoms with Crippen LogP contribution < -0.4 is 11.1 Å². The van der Waals surface area contributed by atoms with Crippen molar-refractivity contribution in [2.45, 2.75) is 31.7 Å². The molecule has 0 radical (unpaired) electrons. The first-order chi connectivity index (χ1) is 9.11. The molecule has 19 heavy (non-hydrogen) atoms. The Balaban J connectivity index is 2.08. The molecule has 1 amide bonds. The van der Waals surface area contributed by atoms with E-state index in [2.05, 4.69) is 5.32 Å². The summed E-state index contributed by atoms with van der Waals surface area (Å²) < 4.78 is 0. The maximum Gasteiger partial charge on any atom is 0.229 e. The third kappa shape index (κ3) is 3.25. The number of carbonyl (C=O) groups excluding carboxylic acids is 1. The number of anilines is 1. The van der Waals surface area contributed by atoms with E-state index in [1.165, 1.54) is 6.07 Å². The SMILES string of the molecule is N#Cc1ccc(NC(=O)C2CCCCC2N)c(Cl)c1. The fraction of sp³-hybridized carbons (Fsp3) is 0.429. The Morgan fingerprint density at radius 1 is 1.42 bits per heavy atom. The predicted octanol–water partition coefficient (Wildman–Crippen LogP) is 2.67. The van der Waals surface area contributed by atoms with Gasteiger partial charge in [0.2, 0.25) is 5.91 Å². The van der Waals surface area contributed by atoms with Crippen LogP contribution >= 0.6 is 11.6 Å². The third-order valence-electron chi connectivity index (χ3n) is 3.51. The number of halogens is 1. The van der Waals surface area contributed by atoms with Crippen LogP contribution in [0, 0.1) is 17.2 Å². The maximum absolute atomic E-state index is 12.2. The van der Waals surface area contributed by atoms with Crippen LogP contribution in [0.1, 0.15) is 31.2 Å². The second kappa shape index (κ2) is 6.05. The van der Waals surface area contributed by atoms with Crippen molar-refractivity contribution in [2.24, 2.45) is 11.7 Å². The van der Waals surface area contributed by atoms with Crippen molar-refractivity contribution in [3.05, 3.63) is 28.8 Å². The summed E-state index contributed by atoms with van der Waals surface area (Å²) in [4.78, 5) is 12.2. The van der Waals surface area contributed by atoms with Gasteiger partial charge < -0.3 is 11.1 Å². The second-order valence-electron chi connectivity index (χ2n) is 4.85. The molecule has 2 atom stereocenters. The van der Waals surface area contributed by atoms with Crippen molar-refractivity contribution in [2.75, 3.05) is 5.32 Å². The van der Waals surface area contributed by atoms with Gasteiger partial charge in [0.15, 0.2) is 0 Å². The van der Waals surface area contributed by atoms with Crippen LogP contribution in [0.5, 0.6) is 0 Å². The lowest BCUT2D eigenvalue weighted by Crippen LogP contribution is -2.40. The number of carbonyl (C=O) groups is 1. The van der Waals surface area contributed by atoms with E-state index in [0.29, 0.717) is 16.3 Å². The number of benzene rings is 1. The van der Waals surface area contributed by atoms with E-state index in [4.69, 9.17) is 22.6 Å². The molecule has 1 saturated carbocycles. The molecule has 5 heteroatoms. The Morgan fingerprint density at radius 3 is 2.79 bits per heavy atom. The lowest BCUT2D eigenvalue weighted by molar-refractivity contribution is -0.121. The van der Waals surface area contributed by atoms with Crippen molar-refractivity contribution in [1.82, 2.24) is 0 Å². The first-order valence-corrected chi connectivity index (χ1v) is 6.75. The van der Waals surface area contributed by atoms with Crippen LogP contribution in [0.15, 0.2) is 18.2 Å². The number of amides is 1. The number of rotatable bonds is 2. The number of nitrogens with zero attached hydrogens (tertiary/aromatic N) is 1. The molecule has 2 rings (SSSR count). The van der Waals surface area contributed by atoms with Gasteiger partial charge in [-0.2, -0.15) is 5.26 Å². The van der Waals surface area contributed by atoms with E-state index >= 15 is 0 Å². The van der Waals surface area contributed by atoms with Crippen LogP contribution in [-0.2, 0) is 4.79 Å². The standard InChI is InChI=1S/C14H16ClN3O/c15-11-7-9(8-16)5-6-13(11)18-14(19)10-3-1-2-4-12(10)17/h5-7,10,12H,1-4,17H2,(H,18,19). The van der Waals surface area contributed by atoms with Gasteiger partial charge in [-0.15, -0.1) is 0 Å². The summed E-state index contributed by atoms with van der Waals surface area (Å²) in [5.74, 6) is -0.237. The zero-order valence-electron chi connectivity index (χ0n) is 10.5. The van der Waals surface area contributed by atoms with E-state index < -0.39 is 0 Å². The summed E-state index contributed by atoms with van der Waals surface area (Å²) >= 11 is 6.03. The first-order valence-electron chi connectivity index (χ1n) is 6.38. The number of nitrogens with one attached hydrogen (secondary N) is 1. The molecule has 1 aliphatic rings. The Morgan fingerprint density at radius 2 is 2.16 bits per heavy atom. The van der Waals surface area contributed by atoms with Gasteiger partial charge in [0.25, 0.3) is 0 Å². The molecule has 1 fully saturated rings. The number of hydrogen-bond donors (Lipinski definition) is 2. The van der Waals surface area contributed by atoms with E-state index in [0.717, 1.165) is 25.7 Å². The van der Waals surface area contributed by atoms with Gasteiger partial charge in [0, 0.05) is 6.04 Å². The van der Waals surface area contributed by atoms with Crippen LogP contribution in [0.25, 0.3) is 0 Å². The van der Waals surface area contributed by atoms with Crippen LogP contribution in [0.2, 0.25) is 5.02 Å². The van der Waals surface area contributed by atoms with Crippen molar-refractivity contribution in [3.8, 4) is 6.07 Å². The molecule has 2 unspecified atom stereocenters. The predicted molar refractivity (Wildman–Crippen MR) is 74.7 cm³/mol. The van der Waals surface area contributed by atoms with Crippen molar-refractivity contribution < 1.29 is 4.79 Å². The molecule has 0 aromatic heterocycles. The largest absolute Gasteiger partial charge is 0.327 e. The molecule has 1 aromatic rings. The Hall–Kier alpha value is -1.57. The average molecular weight is 278 g/mol. The van der Waals surface area contributed by atoms with E-state index in [1.54, 1.807) is 12.1 Å². The average Bonchev–Trinajstić information content (AvgIpc) is 2.41. The fourth-order valence-electron chi connectivity index (χ4n) is 2.40. The van der Waals surface area contributed by atoms with Crippen molar-refractivity contribution in [3.63, 3.8) is 0 Å². The number of hydrogen-bond acceptors (Lipinski definition) is 3. The number of nitriles is 1. The molecule has 4 nitrogen and oxygen atoms in total. The third-order valence-corrected chi connectivity index (χ3v) is 3.82. The molecule has 100 valence electrons. The first kappa shape index (κ1) is 13.9. The van der Waals surface area contributed by atoms with Crippen molar-refractivity contribution >= 4 is 23.2 Å². The molecule has 1 aromatic carbocycles. The Bertz CT molecular complexity index is 524. The van der Waals surface area contributed by atoms with Gasteiger partial charge in [-0.05, 0) is 31.0 Å². The highest BCUT2D eigenvalue weighted by Gasteiger charge is 2.28. The molecule has 3 N–H and O–H groups in total. The van der Waals surface area contributed by atoms with E-state index in [-0.39, 0.29) is 17.9 Å². The molecule has 1 aliphatic carbocycles. The molecule has 0 spiro atoms. The monoisotopic (exact) mass is 277 g/mol. The van der Waals surface area contributed by atoms with Crippen LogP contribution in [-0.4, -0.2) is 11.9 Å². The minimum atomic E-state index is -0.152. The lowest BCUT2D eigenvalue weighted by Gasteiger charge is -2.27. The smallest absolute Gasteiger partial charge is 0.229 e. The molecule has 0 saturated heterocycles. The Kier molecular flexibility index (Phi) is 4.41. The number of nitrogens with two attached hydrogens (primary N) is 1. The lowest BCUT2D eigenvalue weighted by atomic mass is 9.84. The Labute approximate surface area is 117 Å². The minimum Gasteiger partial charge on any atom is -0.327 e. The summed E-state index contributed by atoms with van der Waals surface area (Å²) in [7, 11) is 0. The molecular formula is C14H16ClN3O. The van der Waals surface area contributed by atoms with E-state index in [9.17, 15) is 4.79 Å². The van der Waals surface area contributed by atoms with Gasteiger partial charge in [-0.25, -0.2) is 0 Å². The highest BCUT2D eigenvalue weighted by molar-refractivity contribution is 6.33. The summed E-state index contributed by atoms with van der Waals surface area (Å²) in [5.41, 5.74) is 6.98. The summed E-state index contributed by atoms with van der Waals surface area (Å²) in [6, 6.07) is 6.74. The molecule has 0 bridgehead atoms. The van der Waals surface area contributed by atoms with Crippen LogP contribution in [0.3, 0.4) is 0 Å². The van der Waals surface area contributed by atoms with Crippen LogP contribution in [0.4, 0.5) is 5.69 Å². The highest BCUT2D eigenvalue weighted by atomic mass is 35.5. The second-order valence-corrected chi connectivity index (χ2v) is 5.26. The van der Waals surface area contributed by atoms with Gasteiger partial charge >= 0.3 is 0 Å². The van der Waals surface area contributed by atoms with Crippen molar-refractivity contribution in [1.29, 1.82) is 5.26 Å². The highest BCUT2D eigenvalue weighted by Crippen LogP contribution is 2.27. The zero-order valence-corrected chi connectivity index (χ0v) is 11.3. The fourth-order valence-corrected chi connectivity index (χ4v) is 2.62. The summed E-state index contributed by atoms with van der Waals surface area (Å²) in [5, 5.41) is 11.9. The van der Waals surface area contributed by atoms with Gasteiger partial charge in [0.05, 0.1) is 28.3 Å². The zero-order chi connectivity index (χ0) is 13.8.